The maximum atomic E-state index is 13.6. The van der Waals surface area contributed by atoms with Crippen molar-refractivity contribution in [2.24, 2.45) is 0 Å². The van der Waals surface area contributed by atoms with Crippen LogP contribution in [-0.2, 0) is 6.54 Å². The van der Waals surface area contributed by atoms with Crippen LogP contribution in [0.2, 0.25) is 5.02 Å². The van der Waals surface area contributed by atoms with Gasteiger partial charge < -0.3 is 5.32 Å². The number of hydrogen-bond acceptors (Lipinski definition) is 1. The molecule has 0 unspecified atom stereocenters. The fourth-order valence-corrected chi connectivity index (χ4v) is 1.80. The van der Waals surface area contributed by atoms with E-state index in [9.17, 15) is 13.2 Å². The Morgan fingerprint density at radius 3 is 2.42 bits per heavy atom. The Labute approximate surface area is 114 Å². The molecule has 2 aromatic carbocycles. The van der Waals surface area contributed by atoms with Crippen molar-refractivity contribution in [3.63, 3.8) is 0 Å². The van der Waals surface area contributed by atoms with Crippen LogP contribution in [0.25, 0.3) is 0 Å². The minimum Gasteiger partial charge on any atom is -0.378 e. The fourth-order valence-electron chi connectivity index (χ4n) is 1.64. The normalized spacial score (nSPS) is 10.6. The number of rotatable bonds is 3. The van der Waals surface area contributed by atoms with Crippen molar-refractivity contribution >= 4 is 17.3 Å². The van der Waals surface area contributed by atoms with Crippen LogP contribution in [0.15, 0.2) is 30.3 Å². The molecular formula is C14H11ClF3N. The summed E-state index contributed by atoms with van der Waals surface area (Å²) in [6.07, 6.45) is 0. The van der Waals surface area contributed by atoms with Gasteiger partial charge in [-0.15, -0.1) is 0 Å². The van der Waals surface area contributed by atoms with Gasteiger partial charge in [0.25, 0.3) is 0 Å². The first-order chi connectivity index (χ1) is 8.97. The lowest BCUT2D eigenvalue weighted by atomic mass is 10.1. The molecule has 0 atom stereocenters. The van der Waals surface area contributed by atoms with Crippen LogP contribution in [0, 0.1) is 24.4 Å². The molecule has 2 aromatic rings. The van der Waals surface area contributed by atoms with Crippen LogP contribution < -0.4 is 5.32 Å². The number of anilines is 1. The molecule has 0 bridgehead atoms. The van der Waals surface area contributed by atoms with Crippen LogP contribution in [0.3, 0.4) is 0 Å². The molecule has 1 nitrogen and oxygen atoms in total. The molecule has 0 aliphatic carbocycles. The van der Waals surface area contributed by atoms with Crippen LogP contribution in [-0.4, -0.2) is 0 Å². The maximum absolute atomic E-state index is 13.6. The summed E-state index contributed by atoms with van der Waals surface area (Å²) in [7, 11) is 0. The topological polar surface area (TPSA) is 12.0 Å². The minimum absolute atomic E-state index is 0.00236. The summed E-state index contributed by atoms with van der Waals surface area (Å²) in [5.41, 5.74) is 0.544. The zero-order chi connectivity index (χ0) is 14.0. The van der Waals surface area contributed by atoms with Crippen LogP contribution in [0.1, 0.15) is 11.1 Å². The third-order valence-corrected chi connectivity index (χ3v) is 2.97. The highest BCUT2D eigenvalue weighted by Gasteiger charge is 2.08. The molecular weight excluding hydrogens is 275 g/mol. The van der Waals surface area contributed by atoms with Gasteiger partial charge >= 0.3 is 0 Å². The summed E-state index contributed by atoms with van der Waals surface area (Å²) in [6.45, 7) is 1.52. The third kappa shape index (κ3) is 3.20. The van der Waals surface area contributed by atoms with Crippen LogP contribution >= 0.6 is 11.6 Å². The molecule has 0 saturated carbocycles. The minimum atomic E-state index is -0.576. The summed E-state index contributed by atoms with van der Waals surface area (Å²) >= 11 is 5.63. The molecule has 0 heterocycles. The summed E-state index contributed by atoms with van der Waals surface area (Å²) in [4.78, 5) is 0. The predicted octanol–water partition coefficient (Wildman–Crippen LogP) is 4.68. The summed E-state index contributed by atoms with van der Waals surface area (Å²) in [6, 6.07) is 6.35. The lowest BCUT2D eigenvalue weighted by Crippen LogP contribution is -2.04. The molecule has 2 rings (SSSR count). The lowest BCUT2D eigenvalue weighted by Gasteiger charge is -2.10. The molecule has 0 fully saturated rings. The van der Waals surface area contributed by atoms with E-state index < -0.39 is 17.5 Å². The number of benzene rings is 2. The van der Waals surface area contributed by atoms with Gasteiger partial charge in [0, 0.05) is 23.2 Å². The standard InChI is InChI=1S/C14H11ClF3N/c1-8-4-13(18)14(6-11(8)16)19-7-9-2-3-10(15)5-12(9)17/h2-6,19H,7H2,1H3. The molecule has 100 valence electrons. The molecule has 0 aliphatic heterocycles. The largest absolute Gasteiger partial charge is 0.378 e. The van der Waals surface area contributed by atoms with E-state index in [1.165, 1.54) is 25.1 Å². The highest BCUT2D eigenvalue weighted by atomic mass is 35.5. The van der Waals surface area contributed by atoms with E-state index in [-0.39, 0.29) is 22.8 Å². The first-order valence-electron chi connectivity index (χ1n) is 5.61. The highest BCUT2D eigenvalue weighted by molar-refractivity contribution is 6.30. The number of nitrogens with one attached hydrogen (secondary N) is 1. The van der Waals surface area contributed by atoms with Crippen LogP contribution in [0.5, 0.6) is 0 Å². The van der Waals surface area contributed by atoms with Crippen molar-refractivity contribution in [1.29, 1.82) is 0 Å². The first-order valence-corrected chi connectivity index (χ1v) is 5.98. The smallest absolute Gasteiger partial charge is 0.146 e. The van der Waals surface area contributed by atoms with Crippen molar-refractivity contribution in [3.05, 3.63) is 63.9 Å². The maximum Gasteiger partial charge on any atom is 0.146 e. The van der Waals surface area contributed by atoms with Crippen molar-refractivity contribution in [3.8, 4) is 0 Å². The van der Waals surface area contributed by atoms with E-state index in [1.54, 1.807) is 0 Å². The van der Waals surface area contributed by atoms with Gasteiger partial charge in [-0.1, -0.05) is 17.7 Å². The molecule has 5 heteroatoms. The lowest BCUT2D eigenvalue weighted by molar-refractivity contribution is 0.593. The van der Waals surface area contributed by atoms with Crippen molar-refractivity contribution < 1.29 is 13.2 Å². The summed E-state index contributed by atoms with van der Waals surface area (Å²) < 4.78 is 40.4. The van der Waals surface area contributed by atoms with E-state index in [4.69, 9.17) is 11.6 Å². The van der Waals surface area contributed by atoms with E-state index >= 15 is 0 Å². The fraction of sp³-hybridized carbons (Fsp3) is 0.143. The summed E-state index contributed by atoms with van der Waals surface area (Å²) in [5, 5.41) is 2.95. The average Bonchev–Trinajstić information content (AvgIpc) is 2.34. The Hall–Kier alpha value is -1.68. The van der Waals surface area contributed by atoms with Gasteiger partial charge in [0.15, 0.2) is 0 Å². The van der Waals surface area contributed by atoms with Gasteiger partial charge in [-0.05, 0) is 30.7 Å². The monoisotopic (exact) mass is 285 g/mol. The van der Waals surface area contributed by atoms with E-state index in [2.05, 4.69) is 5.32 Å². The Kier molecular flexibility index (Phi) is 4.00. The molecule has 0 aromatic heterocycles. The number of halogens is 4. The molecule has 0 spiro atoms. The SMILES string of the molecule is Cc1cc(F)c(NCc2ccc(Cl)cc2F)cc1F. The van der Waals surface area contributed by atoms with Gasteiger partial charge in [-0.25, -0.2) is 13.2 Å². The Morgan fingerprint density at radius 1 is 1.00 bits per heavy atom. The molecule has 0 amide bonds. The van der Waals surface area contributed by atoms with Gasteiger partial charge in [-0.3, -0.25) is 0 Å². The van der Waals surface area contributed by atoms with Crippen molar-refractivity contribution in [1.82, 2.24) is 0 Å². The number of aryl methyl sites for hydroxylation is 1. The highest BCUT2D eigenvalue weighted by Crippen LogP contribution is 2.21. The zero-order valence-electron chi connectivity index (χ0n) is 10.1. The molecule has 0 saturated heterocycles. The number of hydrogen-bond donors (Lipinski definition) is 1. The second-order valence-corrected chi connectivity index (χ2v) is 4.61. The van der Waals surface area contributed by atoms with E-state index in [0.29, 0.717) is 5.56 Å². The van der Waals surface area contributed by atoms with Gasteiger partial charge in [-0.2, -0.15) is 0 Å². The quantitative estimate of drug-likeness (QED) is 0.863. The van der Waals surface area contributed by atoms with Crippen LogP contribution in [0.4, 0.5) is 18.9 Å². The second kappa shape index (κ2) is 5.53. The third-order valence-electron chi connectivity index (χ3n) is 2.73. The van der Waals surface area contributed by atoms with Gasteiger partial charge in [0.2, 0.25) is 0 Å². The van der Waals surface area contributed by atoms with E-state index in [1.807, 2.05) is 0 Å². The zero-order valence-corrected chi connectivity index (χ0v) is 10.9. The van der Waals surface area contributed by atoms with Crippen molar-refractivity contribution in [2.45, 2.75) is 13.5 Å². The first kappa shape index (κ1) is 13.7. The Bertz CT molecular complexity index is 614. The Balaban J connectivity index is 2.16. The van der Waals surface area contributed by atoms with E-state index in [0.717, 1.165) is 12.1 Å². The average molecular weight is 286 g/mol. The predicted molar refractivity (Wildman–Crippen MR) is 69.8 cm³/mol. The van der Waals surface area contributed by atoms with Gasteiger partial charge in [0.05, 0.1) is 5.69 Å². The molecule has 0 aliphatic rings. The molecule has 0 radical (unpaired) electrons. The molecule has 19 heavy (non-hydrogen) atoms. The molecule has 1 N–H and O–H groups in total. The Morgan fingerprint density at radius 2 is 1.74 bits per heavy atom. The summed E-state index contributed by atoms with van der Waals surface area (Å²) in [5.74, 6) is -1.58. The second-order valence-electron chi connectivity index (χ2n) is 4.17. The van der Waals surface area contributed by atoms with Gasteiger partial charge in [0.1, 0.15) is 17.5 Å². The van der Waals surface area contributed by atoms with Crippen molar-refractivity contribution in [2.75, 3.05) is 5.32 Å².